The van der Waals surface area contributed by atoms with E-state index in [0.29, 0.717) is 15.8 Å². The lowest BCUT2D eigenvalue weighted by Gasteiger charge is -2.10. The summed E-state index contributed by atoms with van der Waals surface area (Å²) in [5, 5.41) is 17.7. The summed E-state index contributed by atoms with van der Waals surface area (Å²) in [4.78, 5) is 3.16. The van der Waals surface area contributed by atoms with Gasteiger partial charge >= 0.3 is 0 Å². The molecule has 1 saturated carbocycles. The van der Waals surface area contributed by atoms with Crippen molar-refractivity contribution < 1.29 is 9.84 Å². The maximum Gasteiger partial charge on any atom is 0.131 e. The number of benzene rings is 1. The molecule has 5 nitrogen and oxygen atoms in total. The van der Waals surface area contributed by atoms with Gasteiger partial charge in [0.25, 0.3) is 0 Å². The van der Waals surface area contributed by atoms with Crippen LogP contribution in [0.2, 0.25) is 10.0 Å². The number of aliphatic hydroxyl groups is 1. The van der Waals surface area contributed by atoms with Crippen molar-refractivity contribution in [3.05, 3.63) is 34.7 Å². The maximum absolute atomic E-state index is 9.19. The molecule has 3 N–H and O–H groups in total. The Bertz CT molecular complexity index is 832. The van der Waals surface area contributed by atoms with Crippen LogP contribution in [-0.2, 0) is 0 Å². The second-order valence-corrected chi connectivity index (χ2v) is 6.23. The van der Waals surface area contributed by atoms with E-state index in [2.05, 4.69) is 15.2 Å². The first-order valence-corrected chi connectivity index (χ1v) is 7.70. The zero-order valence-electron chi connectivity index (χ0n) is 11.8. The van der Waals surface area contributed by atoms with Gasteiger partial charge in [-0.1, -0.05) is 23.2 Å². The van der Waals surface area contributed by atoms with Crippen molar-refractivity contribution >= 4 is 46.5 Å². The fraction of sp³-hybridized carbons (Fsp3) is 0.267. The summed E-state index contributed by atoms with van der Waals surface area (Å²) in [6.07, 6.45) is 6.29. The van der Waals surface area contributed by atoms with Gasteiger partial charge in [0.05, 0.1) is 27.1 Å². The molecule has 0 unspecified atom stereocenters. The van der Waals surface area contributed by atoms with E-state index >= 15 is 0 Å². The maximum atomic E-state index is 9.19. The van der Waals surface area contributed by atoms with E-state index in [1.54, 1.807) is 12.3 Å². The number of aromatic amines is 2. The smallest absolute Gasteiger partial charge is 0.131 e. The summed E-state index contributed by atoms with van der Waals surface area (Å²) in [5.74, 6) is 0.864. The van der Waals surface area contributed by atoms with E-state index in [1.165, 1.54) is 0 Å². The minimum atomic E-state index is 0. The van der Waals surface area contributed by atoms with E-state index in [1.807, 2.05) is 12.4 Å². The number of fused-ring (bicyclic) bond motifs is 1. The molecule has 1 aliphatic carbocycles. The molecule has 2 heterocycles. The Morgan fingerprint density at radius 2 is 2.17 bits per heavy atom. The predicted octanol–water partition coefficient (Wildman–Crippen LogP) is 4.05. The van der Waals surface area contributed by atoms with Crippen LogP contribution in [0.3, 0.4) is 0 Å². The van der Waals surface area contributed by atoms with Crippen molar-refractivity contribution in [1.29, 1.82) is 0 Å². The molecule has 0 bridgehead atoms. The Balaban J connectivity index is 0.00000156. The van der Waals surface area contributed by atoms with Crippen LogP contribution >= 0.6 is 35.6 Å². The van der Waals surface area contributed by atoms with E-state index in [4.69, 9.17) is 27.9 Å². The lowest BCUT2D eigenvalue weighted by atomic mass is 10.1. The van der Waals surface area contributed by atoms with Crippen LogP contribution in [0.5, 0.6) is 5.75 Å². The van der Waals surface area contributed by atoms with E-state index in [9.17, 15) is 5.11 Å². The first-order chi connectivity index (χ1) is 10.7. The molecule has 0 aliphatic heterocycles. The van der Waals surface area contributed by atoms with Crippen molar-refractivity contribution in [3.63, 3.8) is 0 Å². The van der Waals surface area contributed by atoms with Gasteiger partial charge in [0.1, 0.15) is 11.9 Å². The number of hydrogen-bond donors (Lipinski definition) is 3. The molecule has 122 valence electrons. The average Bonchev–Trinajstić information content (AvgIpc) is 2.94. The molecular weight excluding hydrogens is 361 g/mol. The SMILES string of the molecule is Cl.OC[C@@H]1C[C@@H]1Oc1cc(Cl)c(Cl)c2[nH]cc(-c3cn[nH]c3)c12. The molecular formula is C15H14Cl3N3O2. The van der Waals surface area contributed by atoms with Crippen LogP contribution in [0, 0.1) is 5.92 Å². The van der Waals surface area contributed by atoms with Gasteiger partial charge in [-0.25, -0.2) is 0 Å². The number of ether oxygens (including phenoxy) is 1. The van der Waals surface area contributed by atoms with Crippen LogP contribution in [-0.4, -0.2) is 33.0 Å². The van der Waals surface area contributed by atoms with Gasteiger partial charge in [-0.15, -0.1) is 12.4 Å². The normalized spacial score (nSPS) is 19.6. The molecule has 1 fully saturated rings. The van der Waals surface area contributed by atoms with Crippen molar-refractivity contribution in [2.24, 2.45) is 5.92 Å². The van der Waals surface area contributed by atoms with Crippen molar-refractivity contribution in [2.75, 3.05) is 6.61 Å². The van der Waals surface area contributed by atoms with Gasteiger partial charge in [0, 0.05) is 42.1 Å². The largest absolute Gasteiger partial charge is 0.489 e. The number of nitrogens with zero attached hydrogens (tertiary/aromatic N) is 1. The van der Waals surface area contributed by atoms with Crippen LogP contribution in [0.4, 0.5) is 0 Å². The van der Waals surface area contributed by atoms with Crippen LogP contribution in [0.1, 0.15) is 6.42 Å². The number of halogens is 3. The van der Waals surface area contributed by atoms with Gasteiger partial charge < -0.3 is 14.8 Å². The van der Waals surface area contributed by atoms with Gasteiger partial charge in [-0.05, 0) is 6.42 Å². The summed E-state index contributed by atoms with van der Waals surface area (Å²) in [5.41, 5.74) is 2.61. The molecule has 0 spiro atoms. The Morgan fingerprint density at radius 3 is 2.83 bits per heavy atom. The first-order valence-electron chi connectivity index (χ1n) is 6.94. The Morgan fingerprint density at radius 1 is 1.35 bits per heavy atom. The van der Waals surface area contributed by atoms with Gasteiger partial charge in [0.15, 0.2) is 0 Å². The van der Waals surface area contributed by atoms with Gasteiger partial charge in [-0.2, -0.15) is 5.10 Å². The molecule has 4 rings (SSSR count). The number of hydrogen-bond acceptors (Lipinski definition) is 3. The first kappa shape index (κ1) is 16.5. The van der Waals surface area contributed by atoms with Crippen LogP contribution < -0.4 is 4.74 Å². The molecule has 1 aliphatic rings. The fourth-order valence-corrected chi connectivity index (χ4v) is 3.06. The number of aliphatic hydroxyl groups excluding tert-OH is 1. The van der Waals surface area contributed by atoms with E-state index < -0.39 is 0 Å². The average molecular weight is 375 g/mol. The highest BCUT2D eigenvalue weighted by Gasteiger charge is 2.39. The third-order valence-corrected chi connectivity index (χ3v) is 4.78. The van der Waals surface area contributed by atoms with Crippen molar-refractivity contribution in [3.8, 4) is 16.9 Å². The van der Waals surface area contributed by atoms with E-state index in [-0.39, 0.29) is 31.0 Å². The lowest BCUT2D eigenvalue weighted by molar-refractivity contribution is 0.226. The number of nitrogens with one attached hydrogen (secondary N) is 2. The number of aromatic nitrogens is 3. The summed E-state index contributed by atoms with van der Waals surface area (Å²) in [6, 6.07) is 1.73. The van der Waals surface area contributed by atoms with Crippen LogP contribution in [0.15, 0.2) is 24.7 Å². The second-order valence-electron chi connectivity index (χ2n) is 5.44. The third kappa shape index (κ3) is 2.78. The Kier molecular flexibility index (Phi) is 4.47. The zero-order valence-corrected chi connectivity index (χ0v) is 14.2. The molecule has 2 atom stereocenters. The number of H-pyrrole nitrogens is 2. The van der Waals surface area contributed by atoms with Crippen molar-refractivity contribution in [1.82, 2.24) is 15.2 Å². The third-order valence-electron chi connectivity index (χ3n) is 3.99. The molecule has 0 radical (unpaired) electrons. The van der Waals surface area contributed by atoms with E-state index in [0.717, 1.165) is 28.5 Å². The van der Waals surface area contributed by atoms with Gasteiger partial charge in [-0.3, -0.25) is 5.10 Å². The topological polar surface area (TPSA) is 73.9 Å². The minimum absolute atomic E-state index is 0. The second kappa shape index (κ2) is 6.24. The zero-order chi connectivity index (χ0) is 15.3. The highest BCUT2D eigenvalue weighted by molar-refractivity contribution is 6.45. The fourth-order valence-electron chi connectivity index (χ4n) is 2.66. The standard InChI is InChI=1S/C15H13Cl2N3O2.ClH/c16-10-2-12(22-11-1-7(11)6-21)13-9(8-3-19-20-4-8)5-18-15(13)14(10)17;/h2-5,7,11,18,21H,1,6H2,(H,19,20);1H/t7-,11-;/m0./s1. The molecule has 0 saturated heterocycles. The van der Waals surface area contributed by atoms with Gasteiger partial charge in [0.2, 0.25) is 0 Å². The minimum Gasteiger partial charge on any atom is -0.489 e. The quantitative estimate of drug-likeness (QED) is 0.645. The summed E-state index contributed by atoms with van der Waals surface area (Å²) in [7, 11) is 0. The Labute approximate surface area is 148 Å². The summed E-state index contributed by atoms with van der Waals surface area (Å²) in [6.45, 7) is 0.136. The number of rotatable bonds is 4. The Hall–Kier alpha value is -1.40. The van der Waals surface area contributed by atoms with Crippen molar-refractivity contribution in [2.45, 2.75) is 12.5 Å². The summed E-state index contributed by atoms with van der Waals surface area (Å²) < 4.78 is 6.02. The molecule has 23 heavy (non-hydrogen) atoms. The molecule has 1 aromatic carbocycles. The molecule has 2 aromatic heterocycles. The molecule has 8 heteroatoms. The van der Waals surface area contributed by atoms with Crippen LogP contribution in [0.25, 0.3) is 22.0 Å². The molecule has 3 aromatic rings. The monoisotopic (exact) mass is 373 g/mol. The predicted molar refractivity (Wildman–Crippen MR) is 92.8 cm³/mol. The molecule has 0 amide bonds. The summed E-state index contributed by atoms with van der Waals surface area (Å²) >= 11 is 12.5. The lowest BCUT2D eigenvalue weighted by Crippen LogP contribution is -2.03. The highest BCUT2D eigenvalue weighted by atomic mass is 35.5. The highest BCUT2D eigenvalue weighted by Crippen LogP contribution is 2.44.